The molecule has 0 aliphatic carbocycles. The number of hydrogen-bond donors (Lipinski definition) is 0. The minimum absolute atomic E-state index is 0.543. The lowest BCUT2D eigenvalue weighted by Crippen LogP contribution is -1.96. The molecule has 0 saturated heterocycles. The van der Waals surface area contributed by atoms with Crippen LogP contribution in [-0.2, 0) is 0 Å². The fourth-order valence-electron chi connectivity index (χ4n) is 2.66. The summed E-state index contributed by atoms with van der Waals surface area (Å²) in [6.07, 6.45) is 5.28. The summed E-state index contributed by atoms with van der Waals surface area (Å²) in [5, 5.41) is 12.9. The molecule has 3 rings (SSSR count). The van der Waals surface area contributed by atoms with E-state index in [0.29, 0.717) is 15.6 Å². The van der Waals surface area contributed by atoms with Crippen LogP contribution in [0.4, 0.5) is 0 Å². The molecule has 0 aliphatic heterocycles. The van der Waals surface area contributed by atoms with Crippen molar-refractivity contribution in [3.8, 4) is 23.1 Å². The largest absolute Gasteiger partial charge is 0.494 e. The van der Waals surface area contributed by atoms with Gasteiger partial charge in [-0.3, -0.25) is 0 Å². The molecule has 1 aromatic heterocycles. The van der Waals surface area contributed by atoms with Gasteiger partial charge in [-0.1, -0.05) is 55.6 Å². The number of ether oxygens (including phenoxy) is 1. The molecule has 0 bridgehead atoms. The SMILES string of the molecule is CCCCCOc1ccc(/C=C(/C#N)c2nc(-c3ccc(Cl)cc3)cs2)cc1. The van der Waals surface area contributed by atoms with E-state index in [1.165, 1.54) is 24.2 Å². The Morgan fingerprint density at radius 2 is 1.89 bits per heavy atom. The van der Waals surface area contributed by atoms with Gasteiger partial charge in [0.05, 0.1) is 17.9 Å². The number of nitrogens with zero attached hydrogens (tertiary/aromatic N) is 2. The van der Waals surface area contributed by atoms with Gasteiger partial charge in [0, 0.05) is 16.0 Å². The van der Waals surface area contributed by atoms with Gasteiger partial charge >= 0.3 is 0 Å². The fourth-order valence-corrected chi connectivity index (χ4v) is 3.58. The predicted molar refractivity (Wildman–Crippen MR) is 118 cm³/mol. The number of rotatable bonds is 8. The second-order valence-electron chi connectivity index (χ2n) is 6.34. The second-order valence-corrected chi connectivity index (χ2v) is 7.63. The summed E-state index contributed by atoms with van der Waals surface area (Å²) in [5.41, 5.74) is 3.31. The summed E-state index contributed by atoms with van der Waals surface area (Å²) in [6.45, 7) is 2.91. The van der Waals surface area contributed by atoms with E-state index in [4.69, 9.17) is 16.3 Å². The van der Waals surface area contributed by atoms with Gasteiger partial charge in [-0.05, 0) is 42.3 Å². The van der Waals surface area contributed by atoms with Gasteiger partial charge in [-0.25, -0.2) is 4.98 Å². The summed E-state index contributed by atoms with van der Waals surface area (Å²) < 4.78 is 5.73. The van der Waals surface area contributed by atoms with Crippen molar-refractivity contribution in [1.29, 1.82) is 5.26 Å². The van der Waals surface area contributed by atoms with Crippen LogP contribution in [0, 0.1) is 11.3 Å². The summed E-state index contributed by atoms with van der Waals surface area (Å²) in [5.74, 6) is 0.853. The van der Waals surface area contributed by atoms with Crippen LogP contribution >= 0.6 is 22.9 Å². The molecule has 0 amide bonds. The number of halogens is 1. The van der Waals surface area contributed by atoms with E-state index < -0.39 is 0 Å². The average Bonchev–Trinajstić information content (AvgIpc) is 3.21. The van der Waals surface area contributed by atoms with E-state index >= 15 is 0 Å². The Labute approximate surface area is 174 Å². The Bertz CT molecular complexity index is 969. The molecule has 0 fully saturated rings. The quantitative estimate of drug-likeness (QED) is 0.295. The maximum absolute atomic E-state index is 9.58. The normalized spacial score (nSPS) is 11.2. The molecule has 0 aliphatic rings. The van der Waals surface area contributed by atoms with E-state index in [1.807, 2.05) is 60.0 Å². The smallest absolute Gasteiger partial charge is 0.134 e. The van der Waals surface area contributed by atoms with E-state index in [2.05, 4.69) is 18.0 Å². The fraction of sp³-hybridized carbons (Fsp3) is 0.217. The number of nitriles is 1. The van der Waals surface area contributed by atoms with Gasteiger partial charge in [-0.15, -0.1) is 11.3 Å². The molecule has 0 N–H and O–H groups in total. The summed E-state index contributed by atoms with van der Waals surface area (Å²) in [6, 6.07) is 17.6. The van der Waals surface area contributed by atoms with E-state index in [9.17, 15) is 5.26 Å². The van der Waals surface area contributed by atoms with Gasteiger partial charge in [0.25, 0.3) is 0 Å². The minimum atomic E-state index is 0.543. The molecule has 0 radical (unpaired) electrons. The zero-order valence-corrected chi connectivity index (χ0v) is 17.3. The molecule has 3 nitrogen and oxygen atoms in total. The van der Waals surface area contributed by atoms with Gasteiger partial charge in [0.15, 0.2) is 0 Å². The first kappa shape index (κ1) is 20.1. The molecule has 0 atom stereocenters. The van der Waals surface area contributed by atoms with Gasteiger partial charge in [0.2, 0.25) is 0 Å². The minimum Gasteiger partial charge on any atom is -0.494 e. The lowest BCUT2D eigenvalue weighted by Gasteiger charge is -2.05. The molecular weight excluding hydrogens is 388 g/mol. The highest BCUT2D eigenvalue weighted by molar-refractivity contribution is 7.11. The van der Waals surface area contributed by atoms with Crippen molar-refractivity contribution in [3.05, 3.63) is 69.5 Å². The number of allylic oxidation sites excluding steroid dienone is 1. The van der Waals surface area contributed by atoms with Crippen molar-refractivity contribution in [2.45, 2.75) is 26.2 Å². The Morgan fingerprint density at radius 1 is 1.14 bits per heavy atom. The summed E-state index contributed by atoms with van der Waals surface area (Å²) in [7, 11) is 0. The molecule has 0 unspecified atom stereocenters. The molecule has 5 heteroatoms. The highest BCUT2D eigenvalue weighted by atomic mass is 35.5. The van der Waals surface area contributed by atoms with Crippen molar-refractivity contribution in [3.63, 3.8) is 0 Å². The van der Waals surface area contributed by atoms with E-state index in [-0.39, 0.29) is 0 Å². The van der Waals surface area contributed by atoms with Gasteiger partial charge in [0.1, 0.15) is 16.8 Å². The zero-order valence-electron chi connectivity index (χ0n) is 15.7. The van der Waals surface area contributed by atoms with Crippen molar-refractivity contribution < 1.29 is 4.74 Å². The Hall–Kier alpha value is -2.61. The highest BCUT2D eigenvalue weighted by Crippen LogP contribution is 2.28. The van der Waals surface area contributed by atoms with Crippen molar-refractivity contribution in [2.75, 3.05) is 6.61 Å². The van der Waals surface area contributed by atoms with Crippen molar-refractivity contribution in [1.82, 2.24) is 4.98 Å². The summed E-state index contributed by atoms with van der Waals surface area (Å²) in [4.78, 5) is 4.61. The maximum atomic E-state index is 9.58. The van der Waals surface area contributed by atoms with Crippen LogP contribution in [-0.4, -0.2) is 11.6 Å². The third-order valence-electron chi connectivity index (χ3n) is 4.20. The van der Waals surface area contributed by atoms with Crippen molar-refractivity contribution in [2.24, 2.45) is 0 Å². The lowest BCUT2D eigenvalue weighted by molar-refractivity contribution is 0.306. The maximum Gasteiger partial charge on any atom is 0.134 e. The number of thiazole rings is 1. The van der Waals surface area contributed by atoms with Gasteiger partial charge in [-0.2, -0.15) is 5.26 Å². The lowest BCUT2D eigenvalue weighted by atomic mass is 10.1. The Kier molecular flexibility index (Phi) is 7.25. The Morgan fingerprint density at radius 3 is 2.57 bits per heavy atom. The zero-order chi connectivity index (χ0) is 19.8. The number of aromatic nitrogens is 1. The van der Waals surface area contributed by atoms with Crippen LogP contribution in [0.3, 0.4) is 0 Å². The third-order valence-corrected chi connectivity index (χ3v) is 5.33. The number of hydrogen-bond acceptors (Lipinski definition) is 4. The highest BCUT2D eigenvalue weighted by Gasteiger charge is 2.09. The standard InChI is InChI=1S/C23H21ClN2OS/c1-2-3-4-13-27-21-11-5-17(6-12-21)14-19(15-25)23-26-22(16-28-23)18-7-9-20(24)10-8-18/h5-12,14,16H,2-4,13H2,1H3/b19-14-. The topological polar surface area (TPSA) is 45.9 Å². The number of benzene rings is 2. The average molecular weight is 409 g/mol. The summed E-state index contributed by atoms with van der Waals surface area (Å²) >= 11 is 7.40. The molecule has 28 heavy (non-hydrogen) atoms. The first-order valence-corrected chi connectivity index (χ1v) is 10.5. The van der Waals surface area contributed by atoms with E-state index in [1.54, 1.807) is 0 Å². The molecule has 142 valence electrons. The first-order chi connectivity index (χ1) is 13.7. The van der Waals surface area contributed by atoms with Crippen LogP contribution in [0.5, 0.6) is 5.75 Å². The van der Waals surface area contributed by atoms with Gasteiger partial charge < -0.3 is 4.74 Å². The predicted octanol–water partition coefficient (Wildman–Crippen LogP) is 7.10. The molecule has 2 aromatic carbocycles. The first-order valence-electron chi connectivity index (χ1n) is 9.26. The molecular formula is C23H21ClN2OS. The second kappa shape index (κ2) is 10.1. The van der Waals surface area contributed by atoms with Crippen LogP contribution in [0.1, 0.15) is 36.8 Å². The van der Waals surface area contributed by atoms with Crippen LogP contribution in [0.15, 0.2) is 53.9 Å². The van der Waals surface area contributed by atoms with E-state index in [0.717, 1.165) is 35.6 Å². The number of unbranched alkanes of at least 4 members (excludes halogenated alkanes) is 2. The van der Waals surface area contributed by atoms with Crippen LogP contribution in [0.25, 0.3) is 22.9 Å². The molecule has 1 heterocycles. The van der Waals surface area contributed by atoms with Crippen molar-refractivity contribution >= 4 is 34.6 Å². The van der Waals surface area contributed by atoms with Crippen LogP contribution in [0.2, 0.25) is 5.02 Å². The van der Waals surface area contributed by atoms with Crippen LogP contribution < -0.4 is 4.74 Å². The molecule has 3 aromatic rings. The monoisotopic (exact) mass is 408 g/mol. The molecule has 0 saturated carbocycles. The Balaban J connectivity index is 1.72. The molecule has 0 spiro atoms. The third kappa shape index (κ3) is 5.45.